The van der Waals surface area contributed by atoms with E-state index in [4.69, 9.17) is 16.5 Å². The number of rotatable bonds is 2. The molecule has 0 aliphatic carbocycles. The van der Waals surface area contributed by atoms with Crippen molar-refractivity contribution in [2.24, 2.45) is 0 Å². The summed E-state index contributed by atoms with van der Waals surface area (Å²) in [5.74, 6) is 0. The lowest BCUT2D eigenvalue weighted by Crippen LogP contribution is -2.51. The molecule has 0 spiro atoms. The van der Waals surface area contributed by atoms with Gasteiger partial charge < -0.3 is 16.5 Å². The molecule has 1 fully saturated rings. The van der Waals surface area contributed by atoms with Crippen LogP contribution < -0.4 is 0 Å². The van der Waals surface area contributed by atoms with Gasteiger partial charge in [-0.25, -0.2) is 13.2 Å². The molecule has 1 unspecified atom stereocenters. The highest BCUT2D eigenvalue weighted by molar-refractivity contribution is 6.61. The van der Waals surface area contributed by atoms with Crippen LogP contribution >= 0.6 is 0 Å². The van der Waals surface area contributed by atoms with E-state index in [9.17, 15) is 13.2 Å². The van der Waals surface area contributed by atoms with Gasteiger partial charge in [-0.2, -0.15) is 0 Å². The summed E-state index contributed by atoms with van der Waals surface area (Å²) < 4.78 is 58.4. The summed E-state index contributed by atoms with van der Waals surface area (Å²) in [6, 6.07) is 0. The van der Waals surface area contributed by atoms with Crippen molar-refractivity contribution in [3.05, 3.63) is 0 Å². The molecule has 11 heteroatoms. The molecular formula is C3H11F3O4Si4. The van der Waals surface area contributed by atoms with Crippen LogP contribution in [-0.4, -0.2) is 51.0 Å². The maximum absolute atomic E-state index is 13.1. The molecule has 14 heavy (non-hydrogen) atoms. The summed E-state index contributed by atoms with van der Waals surface area (Å²) in [5, 5.41) is 0. The fourth-order valence-corrected chi connectivity index (χ4v) is 9.78. The number of hydrogen-bond donors (Lipinski definition) is 0. The van der Waals surface area contributed by atoms with Gasteiger partial charge in [-0.05, 0) is 6.92 Å². The molecule has 1 saturated heterocycles. The highest BCUT2D eigenvalue weighted by Crippen LogP contribution is 2.25. The van der Waals surface area contributed by atoms with Crippen LogP contribution in [0, 0.1) is 0 Å². The van der Waals surface area contributed by atoms with E-state index in [1.54, 1.807) is 0 Å². The van der Waals surface area contributed by atoms with Crippen molar-refractivity contribution in [1.82, 2.24) is 0 Å². The topological polar surface area (TPSA) is 36.9 Å². The molecule has 1 atom stereocenters. The van der Waals surface area contributed by atoms with Gasteiger partial charge in [0.2, 0.25) is 0 Å². The molecule has 0 bridgehead atoms. The summed E-state index contributed by atoms with van der Waals surface area (Å²) in [6.45, 7) is 0.804. The fourth-order valence-electron chi connectivity index (χ4n) is 0.805. The summed E-state index contributed by atoms with van der Waals surface area (Å²) in [7, 11) is -7.27. The lowest BCUT2D eigenvalue weighted by Gasteiger charge is -2.27. The van der Waals surface area contributed by atoms with Crippen LogP contribution in [0.4, 0.5) is 13.2 Å². The van der Waals surface area contributed by atoms with Crippen molar-refractivity contribution in [1.29, 1.82) is 0 Å². The molecule has 0 saturated carbocycles. The van der Waals surface area contributed by atoms with Crippen LogP contribution in [0.5, 0.6) is 0 Å². The van der Waals surface area contributed by atoms with Gasteiger partial charge in [0.05, 0.1) is 0 Å². The van der Waals surface area contributed by atoms with Crippen molar-refractivity contribution in [3.63, 3.8) is 0 Å². The molecule has 0 aromatic carbocycles. The van der Waals surface area contributed by atoms with Gasteiger partial charge in [0.1, 0.15) is 0 Å². The van der Waals surface area contributed by atoms with Crippen molar-refractivity contribution in [2.45, 2.75) is 18.6 Å². The smallest absolute Gasteiger partial charge is 0.383 e. The molecule has 1 aliphatic heterocycles. The molecule has 1 rings (SSSR count). The molecule has 1 aliphatic rings. The SMILES string of the molecule is CC(F)C(F)(F)[SiH]1O[SiH2]O[SiH2]O[SiH2]O1. The second-order valence-corrected chi connectivity index (χ2v) is 10.8. The Kier molecular flexibility index (Phi) is 4.98. The van der Waals surface area contributed by atoms with Gasteiger partial charge >= 0.3 is 14.8 Å². The van der Waals surface area contributed by atoms with Crippen LogP contribution in [-0.2, 0) is 16.5 Å². The molecule has 84 valence electrons. The van der Waals surface area contributed by atoms with Gasteiger partial charge in [-0.1, -0.05) is 0 Å². The maximum Gasteiger partial charge on any atom is 0.383 e. The van der Waals surface area contributed by atoms with E-state index in [1.807, 2.05) is 0 Å². The lowest BCUT2D eigenvalue weighted by atomic mass is 10.5. The van der Waals surface area contributed by atoms with Gasteiger partial charge in [-0.15, -0.1) is 0 Å². The van der Waals surface area contributed by atoms with Crippen LogP contribution in [0.2, 0.25) is 0 Å². The molecule has 0 aromatic rings. The summed E-state index contributed by atoms with van der Waals surface area (Å²) in [5.41, 5.74) is -3.49. The fraction of sp³-hybridized carbons (Fsp3) is 1.00. The summed E-state index contributed by atoms with van der Waals surface area (Å²) >= 11 is 0. The minimum absolute atomic E-state index is 0.804. The summed E-state index contributed by atoms with van der Waals surface area (Å²) in [4.78, 5) is 0. The van der Waals surface area contributed by atoms with E-state index in [0.717, 1.165) is 6.92 Å². The third-order valence-corrected chi connectivity index (χ3v) is 8.88. The Morgan fingerprint density at radius 1 is 1.14 bits per heavy atom. The third-order valence-electron chi connectivity index (χ3n) is 1.62. The first kappa shape index (κ1) is 12.6. The molecule has 0 radical (unpaired) electrons. The maximum atomic E-state index is 13.1. The quantitative estimate of drug-likeness (QED) is 0.539. The average Bonchev–Trinajstić information content (AvgIpc) is 2.01. The van der Waals surface area contributed by atoms with Crippen molar-refractivity contribution >= 4 is 39.3 Å². The van der Waals surface area contributed by atoms with Gasteiger partial charge in [0.25, 0.3) is 30.0 Å². The number of hydrogen-bond acceptors (Lipinski definition) is 4. The normalized spacial score (nSPS) is 33.0. The first-order valence-corrected chi connectivity index (χ1v) is 8.94. The van der Waals surface area contributed by atoms with Gasteiger partial charge in [0, 0.05) is 0 Å². The third kappa shape index (κ3) is 3.26. The Hall–Kier alpha value is 0.498. The van der Waals surface area contributed by atoms with E-state index in [1.165, 1.54) is 0 Å². The second-order valence-electron chi connectivity index (χ2n) is 2.72. The summed E-state index contributed by atoms with van der Waals surface area (Å²) in [6.07, 6.45) is -2.25. The first-order valence-electron chi connectivity index (χ1n) is 3.95. The minimum atomic E-state index is -3.49. The van der Waals surface area contributed by atoms with E-state index in [-0.39, 0.29) is 0 Å². The van der Waals surface area contributed by atoms with Crippen LogP contribution in [0.25, 0.3) is 0 Å². The Morgan fingerprint density at radius 2 is 1.64 bits per heavy atom. The molecule has 1 heterocycles. The zero-order chi connectivity index (χ0) is 10.6. The molecular weight excluding hydrogens is 269 g/mol. The van der Waals surface area contributed by atoms with Crippen molar-refractivity contribution in [3.8, 4) is 0 Å². The zero-order valence-corrected chi connectivity index (χ0v) is 12.9. The van der Waals surface area contributed by atoms with Crippen LogP contribution in [0.15, 0.2) is 0 Å². The van der Waals surface area contributed by atoms with Gasteiger partial charge in [-0.3, -0.25) is 0 Å². The average molecular weight is 280 g/mol. The molecule has 4 nitrogen and oxygen atoms in total. The zero-order valence-electron chi connectivity index (χ0n) is 7.54. The van der Waals surface area contributed by atoms with Crippen LogP contribution in [0.1, 0.15) is 6.92 Å². The second kappa shape index (κ2) is 5.55. The standard InChI is InChI=1S/C3H11F3O4Si4/c1-2(4)3(5,6)14-9-12-7-11-8-13-10-14/h2,14H,11-13H2,1H3. The first-order chi connectivity index (χ1) is 6.55. The van der Waals surface area contributed by atoms with Crippen molar-refractivity contribution < 1.29 is 29.6 Å². The lowest BCUT2D eigenvalue weighted by molar-refractivity contribution is -0.0161. The van der Waals surface area contributed by atoms with E-state index >= 15 is 0 Å². The number of alkyl halides is 3. The number of halogens is 3. The van der Waals surface area contributed by atoms with E-state index in [0.29, 0.717) is 0 Å². The Labute approximate surface area is 88.1 Å². The Balaban J connectivity index is 2.54. The monoisotopic (exact) mass is 280 g/mol. The molecule has 0 N–H and O–H groups in total. The molecule has 0 aromatic heterocycles. The largest absolute Gasteiger partial charge is 0.425 e. The Morgan fingerprint density at radius 3 is 2.07 bits per heavy atom. The van der Waals surface area contributed by atoms with Gasteiger partial charge in [0.15, 0.2) is 6.17 Å². The van der Waals surface area contributed by atoms with E-state index < -0.39 is 51.0 Å². The highest BCUT2D eigenvalue weighted by atomic mass is 28.4. The van der Waals surface area contributed by atoms with E-state index in [2.05, 4.69) is 0 Å². The highest BCUT2D eigenvalue weighted by Gasteiger charge is 2.50. The molecule has 0 amide bonds. The predicted octanol–water partition coefficient (Wildman–Crippen LogP) is -2.18. The minimum Gasteiger partial charge on any atom is -0.425 e. The van der Waals surface area contributed by atoms with Crippen LogP contribution in [0.3, 0.4) is 0 Å². The Bertz CT molecular complexity index is 175. The van der Waals surface area contributed by atoms with Crippen molar-refractivity contribution in [2.75, 3.05) is 0 Å². The predicted molar refractivity (Wildman–Crippen MR) is 52.6 cm³/mol.